The Balaban J connectivity index is 1.60. The van der Waals surface area contributed by atoms with Gasteiger partial charge in [-0.2, -0.15) is 5.10 Å². The number of nitrogens with one attached hydrogen (secondary N) is 1. The molecular weight excluding hydrogens is 406 g/mol. The largest absolute Gasteiger partial charge is 0.321 e. The number of aryl methyl sites for hydroxylation is 3. The predicted octanol–water partition coefficient (Wildman–Crippen LogP) is 6.87. The number of rotatable bonds is 4. The third-order valence-corrected chi connectivity index (χ3v) is 5.71. The van der Waals surface area contributed by atoms with Gasteiger partial charge in [-0.15, -0.1) is 0 Å². The summed E-state index contributed by atoms with van der Waals surface area (Å²) in [6.45, 7) is 6.09. The van der Waals surface area contributed by atoms with Gasteiger partial charge in [0.1, 0.15) is 0 Å². The quantitative estimate of drug-likeness (QED) is 0.337. The molecule has 1 N–H and O–H groups in total. The van der Waals surface area contributed by atoms with Crippen molar-refractivity contribution in [1.82, 2.24) is 9.78 Å². The van der Waals surface area contributed by atoms with E-state index < -0.39 is 0 Å². The van der Waals surface area contributed by atoms with Crippen molar-refractivity contribution in [2.45, 2.75) is 20.8 Å². The first-order chi connectivity index (χ1) is 16.0. The van der Waals surface area contributed by atoms with Gasteiger partial charge in [0.05, 0.1) is 11.4 Å². The number of nitrogens with zero attached hydrogens (tertiary/aromatic N) is 2. The highest BCUT2D eigenvalue weighted by Crippen LogP contribution is 2.28. The van der Waals surface area contributed by atoms with Gasteiger partial charge in [-0.1, -0.05) is 54.6 Å². The first-order valence-electron chi connectivity index (χ1n) is 11.0. The molecule has 33 heavy (non-hydrogen) atoms. The molecule has 0 aliphatic heterocycles. The van der Waals surface area contributed by atoms with Gasteiger partial charge in [-0.05, 0) is 84.6 Å². The number of amides is 1. The van der Waals surface area contributed by atoms with Crippen LogP contribution in [0.3, 0.4) is 0 Å². The van der Waals surface area contributed by atoms with Crippen LogP contribution in [0.25, 0.3) is 27.7 Å². The summed E-state index contributed by atoms with van der Waals surface area (Å²) < 4.78 is 1.85. The van der Waals surface area contributed by atoms with Crippen LogP contribution in [-0.2, 0) is 0 Å². The molecule has 0 saturated carbocycles. The summed E-state index contributed by atoms with van der Waals surface area (Å²) >= 11 is 0. The van der Waals surface area contributed by atoms with Crippen LogP contribution in [0.2, 0.25) is 0 Å². The van der Waals surface area contributed by atoms with Gasteiger partial charge >= 0.3 is 0 Å². The molecule has 0 aliphatic rings. The average Bonchev–Trinajstić information content (AvgIpc) is 3.24. The summed E-state index contributed by atoms with van der Waals surface area (Å²) in [5.74, 6) is -0.228. The van der Waals surface area contributed by atoms with E-state index in [4.69, 9.17) is 5.10 Å². The molecule has 5 rings (SSSR count). The maximum absolute atomic E-state index is 13.2. The molecule has 0 bridgehead atoms. The van der Waals surface area contributed by atoms with Gasteiger partial charge in [0, 0.05) is 11.3 Å². The minimum absolute atomic E-state index is 0.228. The number of anilines is 1. The first-order valence-corrected chi connectivity index (χ1v) is 11.0. The highest BCUT2D eigenvalue weighted by atomic mass is 16.1. The van der Waals surface area contributed by atoms with Crippen molar-refractivity contribution < 1.29 is 4.79 Å². The number of benzene rings is 4. The van der Waals surface area contributed by atoms with E-state index in [2.05, 4.69) is 60.8 Å². The molecule has 4 nitrogen and oxygen atoms in total. The Bertz CT molecular complexity index is 1480. The Kier molecular flexibility index (Phi) is 5.27. The number of hydrogen-bond donors (Lipinski definition) is 1. The topological polar surface area (TPSA) is 46.9 Å². The Morgan fingerprint density at radius 1 is 0.727 bits per heavy atom. The second kappa shape index (κ2) is 8.40. The normalized spacial score (nSPS) is 11.0. The lowest BCUT2D eigenvalue weighted by atomic mass is 10.0. The zero-order valence-electron chi connectivity index (χ0n) is 19.0. The van der Waals surface area contributed by atoms with Crippen molar-refractivity contribution in [3.8, 4) is 16.9 Å². The van der Waals surface area contributed by atoms with E-state index in [9.17, 15) is 4.79 Å². The van der Waals surface area contributed by atoms with E-state index >= 15 is 0 Å². The molecule has 4 heteroatoms. The summed E-state index contributed by atoms with van der Waals surface area (Å²) in [6, 6.07) is 30.6. The Labute approximate surface area is 193 Å². The van der Waals surface area contributed by atoms with Crippen LogP contribution >= 0.6 is 0 Å². The fourth-order valence-electron chi connectivity index (χ4n) is 4.24. The van der Waals surface area contributed by atoms with Crippen LogP contribution in [-0.4, -0.2) is 15.7 Å². The lowest BCUT2D eigenvalue weighted by molar-refractivity contribution is 0.102. The van der Waals surface area contributed by atoms with Gasteiger partial charge in [0.15, 0.2) is 5.69 Å². The molecule has 0 atom stereocenters. The molecule has 1 heterocycles. The monoisotopic (exact) mass is 431 g/mol. The predicted molar refractivity (Wildman–Crippen MR) is 135 cm³/mol. The van der Waals surface area contributed by atoms with Crippen LogP contribution < -0.4 is 5.32 Å². The average molecular weight is 432 g/mol. The number of carbonyl (C=O) groups excluding carboxylic acids is 1. The number of fused-ring (bicyclic) bond motifs is 1. The smallest absolute Gasteiger partial charge is 0.276 e. The zero-order valence-corrected chi connectivity index (χ0v) is 19.0. The number of hydrogen-bond acceptors (Lipinski definition) is 2. The van der Waals surface area contributed by atoms with Crippen molar-refractivity contribution in [3.05, 3.63) is 113 Å². The lowest BCUT2D eigenvalue weighted by Crippen LogP contribution is -2.13. The van der Waals surface area contributed by atoms with E-state index in [1.807, 2.05) is 61.0 Å². The van der Waals surface area contributed by atoms with E-state index in [0.29, 0.717) is 5.69 Å². The second-order valence-corrected chi connectivity index (χ2v) is 8.56. The van der Waals surface area contributed by atoms with Crippen molar-refractivity contribution in [3.63, 3.8) is 0 Å². The minimum atomic E-state index is -0.228. The Morgan fingerprint density at radius 2 is 1.48 bits per heavy atom. The zero-order chi connectivity index (χ0) is 22.9. The van der Waals surface area contributed by atoms with Crippen molar-refractivity contribution in [1.29, 1.82) is 0 Å². The first kappa shape index (κ1) is 20.7. The summed E-state index contributed by atoms with van der Waals surface area (Å²) in [5, 5.41) is 10.1. The fourth-order valence-corrected chi connectivity index (χ4v) is 4.24. The summed E-state index contributed by atoms with van der Waals surface area (Å²) in [4.78, 5) is 13.2. The standard InChI is InChI=1S/C29H25N3O/c1-19-7-6-10-26(16-19)32-28(24-12-11-22-8-4-5-9-23(22)17-24)18-27(31-32)29(33)30-25-14-20(2)13-21(3)15-25/h4-18H,1-3H3,(H,30,33). The van der Waals surface area contributed by atoms with Gasteiger partial charge in [-0.3, -0.25) is 4.79 Å². The van der Waals surface area contributed by atoms with Crippen LogP contribution in [0.5, 0.6) is 0 Å². The molecule has 162 valence electrons. The molecule has 0 saturated heterocycles. The molecule has 4 aromatic carbocycles. The lowest BCUT2D eigenvalue weighted by Gasteiger charge is -2.09. The Hall–Kier alpha value is -4.18. The summed E-state index contributed by atoms with van der Waals surface area (Å²) in [5.41, 5.74) is 7.29. The molecule has 1 amide bonds. The van der Waals surface area contributed by atoms with Crippen LogP contribution in [0.4, 0.5) is 5.69 Å². The van der Waals surface area contributed by atoms with Gasteiger partial charge < -0.3 is 5.32 Å². The van der Waals surface area contributed by atoms with E-state index in [1.54, 1.807) is 0 Å². The number of aromatic nitrogens is 2. The van der Waals surface area contributed by atoms with E-state index in [1.165, 1.54) is 5.39 Å². The van der Waals surface area contributed by atoms with Gasteiger partial charge in [0.25, 0.3) is 5.91 Å². The fraction of sp³-hybridized carbons (Fsp3) is 0.103. The van der Waals surface area contributed by atoms with Crippen molar-refractivity contribution in [2.75, 3.05) is 5.32 Å². The number of carbonyl (C=O) groups is 1. The van der Waals surface area contributed by atoms with E-state index in [-0.39, 0.29) is 5.91 Å². The highest BCUT2D eigenvalue weighted by molar-refractivity contribution is 6.03. The van der Waals surface area contributed by atoms with Crippen molar-refractivity contribution >= 4 is 22.4 Å². The molecular formula is C29H25N3O. The molecule has 1 aromatic heterocycles. The molecule has 0 aliphatic carbocycles. The van der Waals surface area contributed by atoms with Crippen LogP contribution in [0.1, 0.15) is 27.2 Å². The van der Waals surface area contributed by atoms with Crippen LogP contribution in [0, 0.1) is 20.8 Å². The molecule has 0 spiro atoms. The second-order valence-electron chi connectivity index (χ2n) is 8.56. The molecule has 0 unspecified atom stereocenters. The summed E-state index contributed by atoms with van der Waals surface area (Å²) in [7, 11) is 0. The third kappa shape index (κ3) is 4.28. The molecule has 0 radical (unpaired) electrons. The van der Waals surface area contributed by atoms with Gasteiger partial charge in [-0.25, -0.2) is 4.68 Å². The SMILES string of the molecule is Cc1cc(C)cc(NC(=O)c2cc(-c3ccc4ccccc4c3)n(-c3cccc(C)c3)n2)c1. The third-order valence-electron chi connectivity index (χ3n) is 5.71. The molecule has 5 aromatic rings. The molecule has 0 fully saturated rings. The van der Waals surface area contributed by atoms with Crippen molar-refractivity contribution in [2.24, 2.45) is 0 Å². The highest BCUT2D eigenvalue weighted by Gasteiger charge is 2.18. The Morgan fingerprint density at radius 3 is 2.24 bits per heavy atom. The van der Waals surface area contributed by atoms with Crippen LogP contribution in [0.15, 0.2) is 91.0 Å². The van der Waals surface area contributed by atoms with Gasteiger partial charge in [0.2, 0.25) is 0 Å². The summed E-state index contributed by atoms with van der Waals surface area (Å²) in [6.07, 6.45) is 0. The minimum Gasteiger partial charge on any atom is -0.321 e. The maximum Gasteiger partial charge on any atom is 0.276 e. The maximum atomic E-state index is 13.2. The van der Waals surface area contributed by atoms with E-state index in [0.717, 1.165) is 44.7 Å².